The molecule has 1 heterocycles. The molecule has 1 aromatic rings. The van der Waals surface area contributed by atoms with Crippen LogP contribution in [-0.2, 0) is 6.42 Å². The molecule has 0 spiro atoms. The van der Waals surface area contributed by atoms with Crippen LogP contribution in [0.15, 0.2) is 18.2 Å². The van der Waals surface area contributed by atoms with Gasteiger partial charge in [-0.05, 0) is 55.9 Å². The van der Waals surface area contributed by atoms with Crippen LogP contribution in [0.5, 0.6) is 0 Å². The second-order valence-corrected chi connectivity index (χ2v) is 6.45. The Kier molecular flexibility index (Phi) is 3.84. The minimum absolute atomic E-state index is 0.551. The Bertz CT molecular complexity index is 460. The van der Waals surface area contributed by atoms with Crippen molar-refractivity contribution in [1.82, 2.24) is 4.90 Å². The number of nitrogens with zero attached hydrogens (tertiary/aromatic N) is 1. The van der Waals surface area contributed by atoms with E-state index in [2.05, 4.69) is 24.0 Å². The quantitative estimate of drug-likeness (QED) is 0.897. The standard InChI is InChI=1S/C16H23ClN2/c1-11-3-2-4-14(10-18)19(11)16-8-5-12-9-13(17)6-7-15(12)16/h6-7,9,11,14,16H,2-5,8,10,18H2,1H3. The van der Waals surface area contributed by atoms with Gasteiger partial charge in [0.2, 0.25) is 0 Å². The van der Waals surface area contributed by atoms with Crippen LogP contribution in [0, 0.1) is 0 Å². The molecule has 3 atom stereocenters. The molecule has 0 amide bonds. The van der Waals surface area contributed by atoms with Gasteiger partial charge in [0.25, 0.3) is 0 Å². The number of piperidine rings is 1. The lowest BCUT2D eigenvalue weighted by molar-refractivity contribution is 0.0497. The van der Waals surface area contributed by atoms with E-state index in [1.54, 1.807) is 0 Å². The molecule has 3 unspecified atom stereocenters. The second kappa shape index (κ2) is 5.43. The van der Waals surface area contributed by atoms with Crippen LogP contribution in [0.25, 0.3) is 0 Å². The molecule has 2 nitrogen and oxygen atoms in total. The molecule has 3 heteroatoms. The predicted octanol–water partition coefficient (Wildman–Crippen LogP) is 3.53. The number of aryl methyl sites for hydroxylation is 1. The third-order valence-electron chi connectivity index (χ3n) is 4.87. The predicted molar refractivity (Wildman–Crippen MR) is 80.5 cm³/mol. The third-order valence-corrected chi connectivity index (χ3v) is 5.11. The van der Waals surface area contributed by atoms with Crippen LogP contribution in [-0.4, -0.2) is 23.5 Å². The molecule has 0 saturated carbocycles. The maximum absolute atomic E-state index is 6.11. The van der Waals surface area contributed by atoms with Gasteiger partial charge in [-0.25, -0.2) is 0 Å². The summed E-state index contributed by atoms with van der Waals surface area (Å²) in [4.78, 5) is 2.68. The summed E-state index contributed by atoms with van der Waals surface area (Å²) in [6.45, 7) is 3.14. The van der Waals surface area contributed by atoms with E-state index in [4.69, 9.17) is 17.3 Å². The van der Waals surface area contributed by atoms with Crippen molar-refractivity contribution in [2.24, 2.45) is 5.73 Å². The van der Waals surface area contributed by atoms with Crippen molar-refractivity contribution in [3.05, 3.63) is 34.3 Å². The molecule has 1 aliphatic carbocycles. The molecule has 19 heavy (non-hydrogen) atoms. The van der Waals surface area contributed by atoms with Gasteiger partial charge in [-0.3, -0.25) is 4.90 Å². The molecule has 0 radical (unpaired) electrons. The lowest BCUT2D eigenvalue weighted by Crippen LogP contribution is -2.50. The van der Waals surface area contributed by atoms with Crippen LogP contribution in [0.1, 0.15) is 49.8 Å². The average molecular weight is 279 g/mol. The zero-order valence-electron chi connectivity index (χ0n) is 11.6. The highest BCUT2D eigenvalue weighted by molar-refractivity contribution is 6.30. The summed E-state index contributed by atoms with van der Waals surface area (Å²) in [7, 11) is 0. The molecule has 1 aliphatic heterocycles. The zero-order chi connectivity index (χ0) is 13.4. The topological polar surface area (TPSA) is 29.3 Å². The van der Waals surface area contributed by atoms with Gasteiger partial charge in [0.05, 0.1) is 0 Å². The van der Waals surface area contributed by atoms with Crippen molar-refractivity contribution >= 4 is 11.6 Å². The molecule has 3 rings (SSSR count). The Labute approximate surface area is 120 Å². The molecule has 1 fully saturated rings. The summed E-state index contributed by atoms with van der Waals surface area (Å²) in [5, 5.41) is 0.862. The molecule has 104 valence electrons. The minimum Gasteiger partial charge on any atom is -0.329 e. The zero-order valence-corrected chi connectivity index (χ0v) is 12.4. The van der Waals surface area contributed by atoms with E-state index in [1.165, 1.54) is 36.8 Å². The lowest BCUT2D eigenvalue weighted by atomic mass is 9.92. The molecule has 0 aromatic heterocycles. The van der Waals surface area contributed by atoms with Gasteiger partial charge >= 0.3 is 0 Å². The van der Waals surface area contributed by atoms with Crippen molar-refractivity contribution in [3.63, 3.8) is 0 Å². The Morgan fingerprint density at radius 1 is 1.32 bits per heavy atom. The normalized spacial score (nSPS) is 31.4. The van der Waals surface area contributed by atoms with Crippen molar-refractivity contribution in [1.29, 1.82) is 0 Å². The fourth-order valence-electron chi connectivity index (χ4n) is 3.98. The van der Waals surface area contributed by atoms with Gasteiger partial charge in [0, 0.05) is 29.7 Å². The van der Waals surface area contributed by atoms with E-state index in [0.29, 0.717) is 18.1 Å². The first-order valence-corrected chi connectivity index (χ1v) is 7.84. The largest absolute Gasteiger partial charge is 0.329 e. The summed E-state index contributed by atoms with van der Waals surface area (Å²) in [6, 6.07) is 8.15. The average Bonchev–Trinajstić information content (AvgIpc) is 2.81. The minimum atomic E-state index is 0.551. The van der Waals surface area contributed by atoms with Crippen LogP contribution >= 0.6 is 11.6 Å². The highest BCUT2D eigenvalue weighted by atomic mass is 35.5. The summed E-state index contributed by atoms with van der Waals surface area (Å²) >= 11 is 6.11. The second-order valence-electron chi connectivity index (χ2n) is 6.01. The molecule has 0 bridgehead atoms. The number of benzene rings is 1. The highest BCUT2D eigenvalue weighted by Crippen LogP contribution is 2.41. The lowest BCUT2D eigenvalue weighted by Gasteiger charge is -2.44. The first-order valence-electron chi connectivity index (χ1n) is 7.46. The maximum atomic E-state index is 6.11. The van der Waals surface area contributed by atoms with Gasteiger partial charge < -0.3 is 5.73 Å². The summed E-state index contributed by atoms with van der Waals surface area (Å²) in [5.41, 5.74) is 8.92. The summed E-state index contributed by atoms with van der Waals surface area (Å²) < 4.78 is 0. The number of fused-ring (bicyclic) bond motifs is 1. The number of rotatable bonds is 2. The van der Waals surface area contributed by atoms with Crippen LogP contribution in [0.4, 0.5) is 0 Å². The number of likely N-dealkylation sites (tertiary alicyclic amines) is 1. The highest BCUT2D eigenvalue weighted by Gasteiger charge is 2.36. The summed E-state index contributed by atoms with van der Waals surface area (Å²) in [5.74, 6) is 0. The first-order chi connectivity index (χ1) is 9.20. The van der Waals surface area contributed by atoms with Gasteiger partial charge in [-0.2, -0.15) is 0 Å². The van der Waals surface area contributed by atoms with E-state index in [0.717, 1.165) is 18.0 Å². The van der Waals surface area contributed by atoms with Crippen molar-refractivity contribution in [2.75, 3.05) is 6.54 Å². The smallest absolute Gasteiger partial charge is 0.0408 e. The Balaban J connectivity index is 1.90. The van der Waals surface area contributed by atoms with Crippen molar-refractivity contribution in [2.45, 2.75) is 57.2 Å². The van der Waals surface area contributed by atoms with Gasteiger partial charge in [-0.1, -0.05) is 24.1 Å². The van der Waals surface area contributed by atoms with Crippen LogP contribution in [0.3, 0.4) is 0 Å². The Morgan fingerprint density at radius 2 is 2.16 bits per heavy atom. The third kappa shape index (κ3) is 2.42. The molecular weight excluding hydrogens is 256 g/mol. The van der Waals surface area contributed by atoms with E-state index in [1.807, 2.05) is 6.07 Å². The fourth-order valence-corrected chi connectivity index (χ4v) is 4.18. The molecule has 1 saturated heterocycles. The number of hydrogen-bond acceptors (Lipinski definition) is 2. The van der Waals surface area contributed by atoms with Gasteiger partial charge in [-0.15, -0.1) is 0 Å². The molecular formula is C16H23ClN2. The van der Waals surface area contributed by atoms with Gasteiger partial charge in [0.1, 0.15) is 0 Å². The monoisotopic (exact) mass is 278 g/mol. The van der Waals surface area contributed by atoms with Crippen LogP contribution < -0.4 is 5.73 Å². The maximum Gasteiger partial charge on any atom is 0.0408 e. The Morgan fingerprint density at radius 3 is 2.95 bits per heavy atom. The molecule has 2 aliphatic rings. The molecule has 1 aromatic carbocycles. The van der Waals surface area contributed by atoms with E-state index >= 15 is 0 Å². The van der Waals surface area contributed by atoms with Crippen molar-refractivity contribution in [3.8, 4) is 0 Å². The SMILES string of the molecule is CC1CCCC(CN)N1C1CCc2cc(Cl)ccc21. The van der Waals surface area contributed by atoms with Crippen molar-refractivity contribution < 1.29 is 0 Å². The van der Waals surface area contributed by atoms with E-state index < -0.39 is 0 Å². The first kappa shape index (κ1) is 13.4. The Hall–Kier alpha value is -0.570. The number of halogens is 1. The van der Waals surface area contributed by atoms with E-state index in [9.17, 15) is 0 Å². The van der Waals surface area contributed by atoms with Gasteiger partial charge in [0.15, 0.2) is 0 Å². The fraction of sp³-hybridized carbons (Fsp3) is 0.625. The number of hydrogen-bond donors (Lipinski definition) is 1. The van der Waals surface area contributed by atoms with E-state index in [-0.39, 0.29) is 0 Å². The molecule has 2 N–H and O–H groups in total. The van der Waals surface area contributed by atoms with Crippen LogP contribution in [0.2, 0.25) is 5.02 Å². The number of nitrogens with two attached hydrogens (primary N) is 1. The summed E-state index contributed by atoms with van der Waals surface area (Å²) in [6.07, 6.45) is 6.24.